The summed E-state index contributed by atoms with van der Waals surface area (Å²) in [5, 5.41) is 4.38. The predicted molar refractivity (Wildman–Crippen MR) is 92.8 cm³/mol. The average molecular weight is 325 g/mol. The number of primary amides is 1. The van der Waals surface area contributed by atoms with Crippen LogP contribution in [0.5, 0.6) is 0 Å². The van der Waals surface area contributed by atoms with Crippen molar-refractivity contribution in [1.29, 1.82) is 0 Å². The van der Waals surface area contributed by atoms with Crippen LogP contribution in [-0.4, -0.2) is 5.91 Å². The molecular formula is C19H17ClN2O. The van der Waals surface area contributed by atoms with Gasteiger partial charge in [0.2, 0.25) is 5.91 Å². The van der Waals surface area contributed by atoms with E-state index in [9.17, 15) is 4.79 Å². The van der Waals surface area contributed by atoms with Crippen molar-refractivity contribution >= 4 is 23.2 Å². The van der Waals surface area contributed by atoms with Crippen LogP contribution in [0.25, 0.3) is 0 Å². The number of rotatable bonds is 2. The minimum Gasteiger partial charge on any atom is -0.378 e. The summed E-state index contributed by atoms with van der Waals surface area (Å²) >= 11 is 6.01. The molecule has 0 spiro atoms. The third-order valence-corrected chi connectivity index (χ3v) is 5.13. The molecule has 0 bridgehead atoms. The molecule has 0 unspecified atom stereocenters. The van der Waals surface area contributed by atoms with Crippen molar-refractivity contribution in [2.45, 2.75) is 18.4 Å². The number of allylic oxidation sites excluding steroid dienone is 2. The molecule has 2 aromatic rings. The largest absolute Gasteiger partial charge is 0.378 e. The molecule has 0 radical (unpaired) electrons. The second-order valence-corrected chi connectivity index (χ2v) is 6.63. The molecule has 3 nitrogen and oxygen atoms in total. The van der Waals surface area contributed by atoms with E-state index in [1.165, 1.54) is 5.56 Å². The van der Waals surface area contributed by atoms with Crippen molar-refractivity contribution in [3.05, 3.63) is 76.3 Å². The van der Waals surface area contributed by atoms with E-state index in [-0.39, 0.29) is 11.9 Å². The van der Waals surface area contributed by atoms with E-state index in [0.717, 1.165) is 22.7 Å². The van der Waals surface area contributed by atoms with Crippen LogP contribution in [0.3, 0.4) is 0 Å². The van der Waals surface area contributed by atoms with Gasteiger partial charge >= 0.3 is 0 Å². The molecule has 0 aromatic heterocycles. The van der Waals surface area contributed by atoms with Gasteiger partial charge in [-0.2, -0.15) is 0 Å². The fourth-order valence-electron chi connectivity index (χ4n) is 3.75. The molecule has 1 aliphatic heterocycles. The Morgan fingerprint density at radius 3 is 2.70 bits per heavy atom. The quantitative estimate of drug-likeness (QED) is 0.811. The summed E-state index contributed by atoms with van der Waals surface area (Å²) in [6.07, 6.45) is 5.50. The molecular weight excluding hydrogens is 308 g/mol. The Labute approximate surface area is 140 Å². The van der Waals surface area contributed by atoms with Crippen LogP contribution in [0.15, 0.2) is 54.6 Å². The topological polar surface area (TPSA) is 55.1 Å². The van der Waals surface area contributed by atoms with E-state index < -0.39 is 0 Å². The van der Waals surface area contributed by atoms with Gasteiger partial charge in [-0.15, -0.1) is 0 Å². The highest BCUT2D eigenvalue weighted by Gasteiger charge is 2.37. The van der Waals surface area contributed by atoms with E-state index in [2.05, 4.69) is 29.6 Å². The number of hydrogen-bond acceptors (Lipinski definition) is 2. The van der Waals surface area contributed by atoms with Crippen LogP contribution in [-0.2, 0) is 0 Å². The molecule has 1 heterocycles. The van der Waals surface area contributed by atoms with Gasteiger partial charge in [-0.05, 0) is 53.8 Å². The standard InChI is InChI=1S/C19H17ClN2O/c20-13-7-4-11(5-8-13)18-15-3-1-2-14(15)16-10-12(19(21)23)6-9-17(16)22-18/h1-2,4-10,14-15,18,22H,3H2,(H2,21,23)/t14-,15+,18-/m0/s1. The van der Waals surface area contributed by atoms with Crippen LogP contribution >= 0.6 is 11.6 Å². The molecule has 23 heavy (non-hydrogen) atoms. The van der Waals surface area contributed by atoms with Crippen molar-refractivity contribution in [2.75, 3.05) is 5.32 Å². The summed E-state index contributed by atoms with van der Waals surface area (Å²) in [5.41, 5.74) is 9.45. The van der Waals surface area contributed by atoms with Crippen LogP contribution in [0.4, 0.5) is 5.69 Å². The Kier molecular flexibility index (Phi) is 3.38. The number of carbonyl (C=O) groups is 1. The summed E-state index contributed by atoms with van der Waals surface area (Å²) in [4.78, 5) is 11.5. The fourth-order valence-corrected chi connectivity index (χ4v) is 3.87. The first-order valence-electron chi connectivity index (χ1n) is 7.76. The Balaban J connectivity index is 1.77. The van der Waals surface area contributed by atoms with Gasteiger partial charge in [0.1, 0.15) is 0 Å². The lowest BCUT2D eigenvalue weighted by atomic mass is 9.76. The molecule has 116 valence electrons. The first-order chi connectivity index (χ1) is 11.1. The van der Waals surface area contributed by atoms with Crippen molar-refractivity contribution < 1.29 is 4.79 Å². The summed E-state index contributed by atoms with van der Waals surface area (Å²) in [6.45, 7) is 0. The maximum atomic E-state index is 11.5. The zero-order valence-corrected chi connectivity index (χ0v) is 13.3. The van der Waals surface area contributed by atoms with E-state index in [4.69, 9.17) is 17.3 Å². The Morgan fingerprint density at radius 2 is 1.96 bits per heavy atom. The van der Waals surface area contributed by atoms with Crippen LogP contribution in [0.2, 0.25) is 5.02 Å². The van der Waals surface area contributed by atoms with Crippen LogP contribution in [0.1, 0.15) is 39.9 Å². The predicted octanol–water partition coefficient (Wildman–Crippen LogP) is 4.27. The smallest absolute Gasteiger partial charge is 0.248 e. The number of benzene rings is 2. The first-order valence-corrected chi connectivity index (χ1v) is 8.14. The van der Waals surface area contributed by atoms with Crippen molar-refractivity contribution in [3.63, 3.8) is 0 Å². The number of carbonyl (C=O) groups excluding carboxylic acids is 1. The third kappa shape index (κ3) is 2.41. The Hall–Kier alpha value is -2.26. The van der Waals surface area contributed by atoms with E-state index >= 15 is 0 Å². The van der Waals surface area contributed by atoms with Crippen LogP contribution in [0, 0.1) is 5.92 Å². The molecule has 3 N–H and O–H groups in total. The Morgan fingerprint density at radius 1 is 1.17 bits per heavy atom. The van der Waals surface area contributed by atoms with Crippen molar-refractivity contribution in [1.82, 2.24) is 0 Å². The van der Waals surface area contributed by atoms with Gasteiger partial charge in [0, 0.05) is 22.2 Å². The highest BCUT2D eigenvalue weighted by Crippen LogP contribution is 2.49. The van der Waals surface area contributed by atoms with Gasteiger partial charge < -0.3 is 11.1 Å². The minimum atomic E-state index is -0.383. The first kappa shape index (κ1) is 14.3. The second kappa shape index (κ2) is 5.43. The second-order valence-electron chi connectivity index (χ2n) is 6.19. The maximum absolute atomic E-state index is 11.5. The Bertz CT molecular complexity index is 798. The van der Waals surface area contributed by atoms with Gasteiger partial charge in [0.15, 0.2) is 0 Å². The zero-order valence-electron chi connectivity index (χ0n) is 12.5. The normalized spacial score (nSPS) is 24.7. The highest BCUT2D eigenvalue weighted by molar-refractivity contribution is 6.30. The number of fused-ring (bicyclic) bond motifs is 3. The van der Waals surface area contributed by atoms with Gasteiger partial charge in [-0.1, -0.05) is 35.9 Å². The molecule has 2 aromatic carbocycles. The fraction of sp³-hybridized carbons (Fsp3) is 0.211. The van der Waals surface area contributed by atoms with Gasteiger partial charge in [0.05, 0.1) is 6.04 Å². The van der Waals surface area contributed by atoms with Gasteiger partial charge in [-0.25, -0.2) is 0 Å². The SMILES string of the molecule is NC(=O)c1ccc2c(c1)[C@H]1C=CC[C@H]1[C@H](c1ccc(Cl)cc1)N2. The minimum absolute atomic E-state index is 0.235. The lowest BCUT2D eigenvalue weighted by molar-refractivity contribution is 0.1000. The molecule has 0 saturated heterocycles. The monoisotopic (exact) mass is 324 g/mol. The summed E-state index contributed by atoms with van der Waals surface area (Å²) in [5.74, 6) is 0.365. The molecule has 1 aliphatic carbocycles. The number of anilines is 1. The lowest BCUT2D eigenvalue weighted by Gasteiger charge is -2.37. The number of halogens is 1. The number of hydrogen-bond donors (Lipinski definition) is 2. The third-order valence-electron chi connectivity index (χ3n) is 4.88. The van der Waals surface area contributed by atoms with E-state index in [1.807, 2.05) is 24.3 Å². The number of nitrogens with one attached hydrogen (secondary N) is 1. The summed E-state index contributed by atoms with van der Waals surface area (Å²) < 4.78 is 0. The van der Waals surface area contributed by atoms with Crippen molar-refractivity contribution in [2.24, 2.45) is 11.7 Å². The summed E-state index contributed by atoms with van der Waals surface area (Å²) in [7, 11) is 0. The van der Waals surface area contributed by atoms with E-state index in [1.54, 1.807) is 6.07 Å². The molecule has 0 saturated carbocycles. The maximum Gasteiger partial charge on any atom is 0.248 e. The van der Waals surface area contributed by atoms with E-state index in [0.29, 0.717) is 17.4 Å². The summed E-state index contributed by atoms with van der Waals surface area (Å²) in [6, 6.07) is 13.9. The lowest BCUT2D eigenvalue weighted by Crippen LogP contribution is -2.29. The molecule has 2 aliphatic rings. The molecule has 0 fully saturated rings. The average Bonchev–Trinajstić information content (AvgIpc) is 3.04. The zero-order chi connectivity index (χ0) is 16.0. The van der Waals surface area contributed by atoms with Crippen molar-refractivity contribution in [3.8, 4) is 0 Å². The molecule has 1 amide bonds. The van der Waals surface area contributed by atoms with Crippen LogP contribution < -0.4 is 11.1 Å². The van der Waals surface area contributed by atoms with Gasteiger partial charge in [-0.3, -0.25) is 4.79 Å². The highest BCUT2D eigenvalue weighted by atomic mass is 35.5. The number of nitrogens with two attached hydrogens (primary N) is 1. The molecule has 4 heteroatoms. The van der Waals surface area contributed by atoms with Gasteiger partial charge in [0.25, 0.3) is 0 Å². The molecule has 3 atom stereocenters. The number of amides is 1. The molecule has 4 rings (SSSR count).